The molecule has 98 valence electrons. The molecule has 0 atom stereocenters. The minimum Gasteiger partial charge on any atom is -0.350 e. The first kappa shape index (κ1) is 12.3. The first-order valence-corrected chi connectivity index (χ1v) is 6.42. The van der Waals surface area contributed by atoms with Gasteiger partial charge in [0.25, 0.3) is 0 Å². The molecule has 20 heavy (non-hydrogen) atoms. The summed E-state index contributed by atoms with van der Waals surface area (Å²) in [5.41, 5.74) is 3.28. The normalized spacial score (nSPS) is 10.2. The van der Waals surface area contributed by atoms with Crippen LogP contribution in [0.1, 0.15) is 5.56 Å². The van der Waals surface area contributed by atoms with Crippen molar-refractivity contribution in [3.8, 4) is 11.1 Å². The van der Waals surface area contributed by atoms with Crippen LogP contribution in [0.4, 0.5) is 5.95 Å². The predicted octanol–water partition coefficient (Wildman–Crippen LogP) is 3.15. The van der Waals surface area contributed by atoms with E-state index in [0.717, 1.165) is 16.7 Å². The Hall–Kier alpha value is -2.75. The maximum Gasteiger partial charge on any atom is 0.222 e. The van der Waals surface area contributed by atoms with Crippen molar-refractivity contribution in [3.63, 3.8) is 0 Å². The molecule has 0 fully saturated rings. The Labute approximate surface area is 117 Å². The second-order valence-corrected chi connectivity index (χ2v) is 4.37. The summed E-state index contributed by atoms with van der Waals surface area (Å²) in [6, 6.07) is 14.0. The van der Waals surface area contributed by atoms with Gasteiger partial charge in [-0.25, -0.2) is 9.97 Å². The van der Waals surface area contributed by atoms with Crippen molar-refractivity contribution in [2.24, 2.45) is 0 Å². The van der Waals surface area contributed by atoms with Gasteiger partial charge in [-0.15, -0.1) is 0 Å². The fourth-order valence-corrected chi connectivity index (χ4v) is 1.88. The molecule has 0 amide bonds. The average molecular weight is 262 g/mol. The van der Waals surface area contributed by atoms with E-state index in [9.17, 15) is 0 Å². The molecule has 0 aliphatic carbocycles. The van der Waals surface area contributed by atoms with Crippen molar-refractivity contribution in [2.75, 3.05) is 5.32 Å². The highest BCUT2D eigenvalue weighted by Gasteiger charge is 2.00. The van der Waals surface area contributed by atoms with Crippen LogP contribution in [0.15, 0.2) is 67.3 Å². The molecule has 0 saturated heterocycles. The van der Waals surface area contributed by atoms with Crippen LogP contribution in [0.25, 0.3) is 11.1 Å². The lowest BCUT2D eigenvalue weighted by Crippen LogP contribution is -2.03. The van der Waals surface area contributed by atoms with Crippen LogP contribution in [-0.2, 0) is 6.54 Å². The van der Waals surface area contributed by atoms with Crippen LogP contribution in [0, 0.1) is 0 Å². The topological polar surface area (TPSA) is 50.7 Å². The summed E-state index contributed by atoms with van der Waals surface area (Å²) in [4.78, 5) is 12.7. The molecule has 0 bridgehead atoms. The van der Waals surface area contributed by atoms with Crippen LogP contribution in [-0.4, -0.2) is 15.0 Å². The Kier molecular flexibility index (Phi) is 3.64. The third kappa shape index (κ3) is 2.98. The predicted molar refractivity (Wildman–Crippen MR) is 79.0 cm³/mol. The molecular weight excluding hydrogens is 248 g/mol. The molecule has 1 N–H and O–H groups in total. The molecule has 3 rings (SSSR count). The van der Waals surface area contributed by atoms with Gasteiger partial charge in [0, 0.05) is 36.9 Å². The smallest absolute Gasteiger partial charge is 0.222 e. The van der Waals surface area contributed by atoms with Crippen molar-refractivity contribution in [3.05, 3.63) is 72.8 Å². The Morgan fingerprint density at radius 1 is 0.800 bits per heavy atom. The molecule has 3 aromatic rings. The zero-order valence-electron chi connectivity index (χ0n) is 10.9. The highest BCUT2D eigenvalue weighted by Crippen LogP contribution is 2.17. The Morgan fingerprint density at radius 3 is 2.20 bits per heavy atom. The van der Waals surface area contributed by atoms with E-state index in [1.54, 1.807) is 12.4 Å². The summed E-state index contributed by atoms with van der Waals surface area (Å²) in [6.07, 6.45) is 7.21. The molecule has 4 nitrogen and oxygen atoms in total. The molecular formula is C16H14N4. The number of anilines is 1. The largest absolute Gasteiger partial charge is 0.350 e. The lowest BCUT2D eigenvalue weighted by Gasteiger charge is -2.05. The SMILES string of the molecule is c1ccc(-c2cnc(NCc3ccncc3)nc2)cc1. The number of hydrogen-bond donors (Lipinski definition) is 1. The minimum absolute atomic E-state index is 0.626. The van der Waals surface area contributed by atoms with Gasteiger partial charge in [-0.05, 0) is 23.3 Å². The van der Waals surface area contributed by atoms with E-state index < -0.39 is 0 Å². The van der Waals surface area contributed by atoms with Gasteiger partial charge < -0.3 is 5.32 Å². The van der Waals surface area contributed by atoms with Crippen molar-refractivity contribution in [2.45, 2.75) is 6.54 Å². The molecule has 1 aromatic carbocycles. The summed E-state index contributed by atoms with van der Waals surface area (Å²) in [5, 5.41) is 3.19. The van der Waals surface area contributed by atoms with Gasteiger partial charge in [-0.3, -0.25) is 4.98 Å². The fraction of sp³-hybridized carbons (Fsp3) is 0.0625. The summed E-state index contributed by atoms with van der Waals surface area (Å²) in [5.74, 6) is 0.626. The number of benzene rings is 1. The second-order valence-electron chi connectivity index (χ2n) is 4.37. The third-order valence-electron chi connectivity index (χ3n) is 2.96. The third-order valence-corrected chi connectivity index (χ3v) is 2.96. The number of rotatable bonds is 4. The number of nitrogens with one attached hydrogen (secondary N) is 1. The molecule has 0 aliphatic rings. The molecule has 2 heterocycles. The average Bonchev–Trinajstić information content (AvgIpc) is 2.55. The van der Waals surface area contributed by atoms with Gasteiger partial charge in [-0.2, -0.15) is 0 Å². The van der Waals surface area contributed by atoms with Crippen LogP contribution in [0.5, 0.6) is 0 Å². The van der Waals surface area contributed by atoms with Crippen molar-refractivity contribution in [1.29, 1.82) is 0 Å². The first-order valence-electron chi connectivity index (χ1n) is 6.42. The summed E-state index contributed by atoms with van der Waals surface area (Å²) < 4.78 is 0. The number of aromatic nitrogens is 3. The highest BCUT2D eigenvalue weighted by atomic mass is 15.1. The maximum absolute atomic E-state index is 4.33. The standard InChI is InChI=1S/C16H14N4/c1-2-4-14(5-3-1)15-11-19-16(20-12-15)18-10-13-6-8-17-9-7-13/h1-9,11-12H,10H2,(H,18,19,20). The molecule has 0 aliphatic heterocycles. The Morgan fingerprint density at radius 2 is 1.50 bits per heavy atom. The monoisotopic (exact) mass is 262 g/mol. The minimum atomic E-state index is 0.626. The Balaban J connectivity index is 1.68. The first-order chi connectivity index (χ1) is 9.92. The van der Waals surface area contributed by atoms with Crippen LogP contribution in [0.3, 0.4) is 0 Å². The molecule has 4 heteroatoms. The molecule has 0 unspecified atom stereocenters. The Bertz CT molecular complexity index is 651. The number of pyridine rings is 1. The lowest BCUT2D eigenvalue weighted by atomic mass is 10.1. The van der Waals surface area contributed by atoms with Crippen molar-refractivity contribution < 1.29 is 0 Å². The fourth-order valence-electron chi connectivity index (χ4n) is 1.88. The van der Waals surface area contributed by atoms with E-state index in [4.69, 9.17) is 0 Å². The zero-order valence-corrected chi connectivity index (χ0v) is 10.9. The summed E-state index contributed by atoms with van der Waals surface area (Å²) >= 11 is 0. The van der Waals surface area contributed by atoms with Crippen LogP contribution < -0.4 is 5.32 Å². The molecule has 2 aromatic heterocycles. The van der Waals surface area contributed by atoms with E-state index in [2.05, 4.69) is 20.3 Å². The van der Waals surface area contributed by atoms with Crippen LogP contribution >= 0.6 is 0 Å². The van der Waals surface area contributed by atoms with E-state index in [1.165, 1.54) is 0 Å². The van der Waals surface area contributed by atoms with E-state index in [-0.39, 0.29) is 0 Å². The number of nitrogens with zero attached hydrogens (tertiary/aromatic N) is 3. The van der Waals surface area contributed by atoms with Gasteiger partial charge in [0.1, 0.15) is 0 Å². The van der Waals surface area contributed by atoms with Gasteiger partial charge in [0.05, 0.1) is 0 Å². The molecule has 0 spiro atoms. The molecule has 0 radical (unpaired) electrons. The van der Waals surface area contributed by atoms with Gasteiger partial charge in [-0.1, -0.05) is 30.3 Å². The van der Waals surface area contributed by atoms with Crippen molar-refractivity contribution in [1.82, 2.24) is 15.0 Å². The van der Waals surface area contributed by atoms with E-state index >= 15 is 0 Å². The number of hydrogen-bond acceptors (Lipinski definition) is 4. The quantitative estimate of drug-likeness (QED) is 0.784. The van der Waals surface area contributed by atoms with Gasteiger partial charge in [0.15, 0.2) is 0 Å². The maximum atomic E-state index is 4.33. The van der Waals surface area contributed by atoms with Gasteiger partial charge in [0.2, 0.25) is 5.95 Å². The lowest BCUT2D eigenvalue weighted by molar-refractivity contribution is 1.05. The van der Waals surface area contributed by atoms with Crippen molar-refractivity contribution >= 4 is 5.95 Å². The summed E-state index contributed by atoms with van der Waals surface area (Å²) in [7, 11) is 0. The van der Waals surface area contributed by atoms with E-state index in [0.29, 0.717) is 12.5 Å². The van der Waals surface area contributed by atoms with Crippen LogP contribution in [0.2, 0.25) is 0 Å². The van der Waals surface area contributed by atoms with Gasteiger partial charge >= 0.3 is 0 Å². The summed E-state index contributed by atoms with van der Waals surface area (Å²) in [6.45, 7) is 0.688. The molecule has 0 saturated carbocycles. The van der Waals surface area contributed by atoms with E-state index in [1.807, 2.05) is 54.9 Å². The zero-order chi connectivity index (χ0) is 13.6. The highest BCUT2D eigenvalue weighted by molar-refractivity contribution is 5.61. The second kappa shape index (κ2) is 5.93.